The average Bonchev–Trinajstić information content (AvgIpc) is 2.27. The number of nitrogens with one attached hydrogen (secondary N) is 1. The second-order valence-electron chi connectivity index (χ2n) is 4.09. The summed E-state index contributed by atoms with van der Waals surface area (Å²) in [5, 5.41) is 2.73. The molecular formula is C12H18N4O2. The summed E-state index contributed by atoms with van der Waals surface area (Å²) in [5.41, 5.74) is 12.2. The fourth-order valence-electron chi connectivity index (χ4n) is 1.54. The predicted octanol–water partition coefficient (Wildman–Crippen LogP) is -0.499. The van der Waals surface area contributed by atoms with Gasteiger partial charge in [-0.25, -0.2) is 0 Å². The molecule has 5 N–H and O–H groups in total. The average molecular weight is 250 g/mol. The summed E-state index contributed by atoms with van der Waals surface area (Å²) in [6.07, 6.45) is 0. The SMILES string of the molecule is CN(CC(N)=O)CC(=O)Nc1cccc(CN)c1. The summed E-state index contributed by atoms with van der Waals surface area (Å²) >= 11 is 0. The Morgan fingerprint density at radius 2 is 2.06 bits per heavy atom. The highest BCUT2D eigenvalue weighted by Crippen LogP contribution is 2.09. The lowest BCUT2D eigenvalue weighted by Crippen LogP contribution is -2.36. The van der Waals surface area contributed by atoms with Gasteiger partial charge in [-0.05, 0) is 24.7 Å². The van der Waals surface area contributed by atoms with Gasteiger partial charge in [0.05, 0.1) is 13.1 Å². The van der Waals surface area contributed by atoms with Crippen molar-refractivity contribution >= 4 is 17.5 Å². The third-order valence-electron chi connectivity index (χ3n) is 2.29. The Balaban J connectivity index is 2.51. The van der Waals surface area contributed by atoms with E-state index < -0.39 is 5.91 Å². The molecule has 0 aliphatic carbocycles. The van der Waals surface area contributed by atoms with Crippen LogP contribution in [0.25, 0.3) is 0 Å². The number of nitrogens with two attached hydrogens (primary N) is 2. The first-order valence-electron chi connectivity index (χ1n) is 5.57. The van der Waals surface area contributed by atoms with Crippen LogP contribution in [-0.4, -0.2) is 36.9 Å². The van der Waals surface area contributed by atoms with Gasteiger partial charge < -0.3 is 16.8 Å². The number of hydrogen-bond donors (Lipinski definition) is 3. The summed E-state index contributed by atoms with van der Waals surface area (Å²) in [4.78, 5) is 23.9. The number of hydrogen-bond acceptors (Lipinski definition) is 4. The fourth-order valence-corrected chi connectivity index (χ4v) is 1.54. The first-order valence-corrected chi connectivity index (χ1v) is 5.57. The van der Waals surface area contributed by atoms with Crippen molar-refractivity contribution in [2.24, 2.45) is 11.5 Å². The Morgan fingerprint density at radius 3 is 2.67 bits per heavy atom. The van der Waals surface area contributed by atoms with Crippen molar-refractivity contribution in [3.05, 3.63) is 29.8 Å². The lowest BCUT2D eigenvalue weighted by molar-refractivity contribution is -0.120. The number of primary amides is 1. The first-order chi connectivity index (χ1) is 8.51. The Bertz CT molecular complexity index is 434. The molecule has 0 atom stereocenters. The van der Waals surface area contributed by atoms with Crippen molar-refractivity contribution in [2.75, 3.05) is 25.5 Å². The van der Waals surface area contributed by atoms with E-state index in [-0.39, 0.29) is 19.0 Å². The Morgan fingerprint density at radius 1 is 1.33 bits per heavy atom. The van der Waals surface area contributed by atoms with Gasteiger partial charge in [0, 0.05) is 12.2 Å². The molecule has 2 amide bonds. The minimum absolute atomic E-state index is 0.0518. The lowest BCUT2D eigenvalue weighted by atomic mass is 10.2. The van der Waals surface area contributed by atoms with Crippen molar-refractivity contribution in [1.82, 2.24) is 4.90 Å². The van der Waals surface area contributed by atoms with Crippen LogP contribution in [0.4, 0.5) is 5.69 Å². The Hall–Kier alpha value is -1.92. The molecule has 0 fully saturated rings. The van der Waals surface area contributed by atoms with Crippen LogP contribution >= 0.6 is 0 Å². The topological polar surface area (TPSA) is 101 Å². The van der Waals surface area contributed by atoms with Gasteiger partial charge in [0.2, 0.25) is 11.8 Å². The molecule has 98 valence electrons. The molecule has 1 rings (SSSR count). The van der Waals surface area contributed by atoms with E-state index in [1.165, 1.54) is 0 Å². The molecule has 0 aromatic heterocycles. The Labute approximate surface area is 106 Å². The van der Waals surface area contributed by atoms with Gasteiger partial charge in [-0.2, -0.15) is 0 Å². The van der Waals surface area contributed by atoms with Crippen molar-refractivity contribution in [3.63, 3.8) is 0 Å². The third kappa shape index (κ3) is 4.94. The van der Waals surface area contributed by atoms with Crippen molar-refractivity contribution < 1.29 is 9.59 Å². The van der Waals surface area contributed by atoms with Gasteiger partial charge in [-0.3, -0.25) is 14.5 Å². The molecule has 0 radical (unpaired) electrons. The van der Waals surface area contributed by atoms with Crippen LogP contribution in [-0.2, 0) is 16.1 Å². The zero-order chi connectivity index (χ0) is 13.5. The number of carbonyl (C=O) groups is 2. The summed E-state index contributed by atoms with van der Waals surface area (Å²) < 4.78 is 0. The largest absolute Gasteiger partial charge is 0.369 e. The van der Waals surface area contributed by atoms with Gasteiger partial charge >= 0.3 is 0 Å². The number of benzene rings is 1. The van der Waals surface area contributed by atoms with Crippen molar-refractivity contribution in [2.45, 2.75) is 6.54 Å². The van der Waals surface area contributed by atoms with Gasteiger partial charge in [0.15, 0.2) is 0 Å². The third-order valence-corrected chi connectivity index (χ3v) is 2.29. The number of amides is 2. The Kier molecular flexibility index (Phi) is 5.29. The van der Waals surface area contributed by atoms with Crippen LogP contribution in [0, 0.1) is 0 Å². The van der Waals surface area contributed by atoms with E-state index in [1.807, 2.05) is 18.2 Å². The van der Waals surface area contributed by atoms with E-state index in [0.717, 1.165) is 5.56 Å². The maximum Gasteiger partial charge on any atom is 0.238 e. The second-order valence-corrected chi connectivity index (χ2v) is 4.09. The minimum atomic E-state index is -0.463. The summed E-state index contributed by atoms with van der Waals surface area (Å²) in [6, 6.07) is 7.30. The standard InChI is InChI=1S/C12H18N4O2/c1-16(7-11(14)17)8-12(18)15-10-4-2-3-9(5-10)6-13/h2-5H,6-8,13H2,1H3,(H2,14,17)(H,15,18). The van der Waals surface area contributed by atoms with Crippen LogP contribution in [0.1, 0.15) is 5.56 Å². The van der Waals surface area contributed by atoms with E-state index in [1.54, 1.807) is 18.0 Å². The van der Waals surface area contributed by atoms with Crippen LogP contribution in [0.3, 0.4) is 0 Å². The molecule has 1 aromatic rings. The molecule has 0 saturated carbocycles. The number of nitrogens with zero attached hydrogens (tertiary/aromatic N) is 1. The van der Waals surface area contributed by atoms with Crippen LogP contribution in [0.2, 0.25) is 0 Å². The quantitative estimate of drug-likeness (QED) is 0.633. The lowest BCUT2D eigenvalue weighted by Gasteiger charge is -2.14. The number of carbonyl (C=O) groups excluding carboxylic acids is 2. The van der Waals surface area contributed by atoms with Gasteiger partial charge in [0.1, 0.15) is 0 Å². The maximum atomic E-state index is 11.7. The number of rotatable bonds is 6. The number of anilines is 1. The molecule has 1 aromatic carbocycles. The fraction of sp³-hybridized carbons (Fsp3) is 0.333. The molecule has 6 nitrogen and oxygen atoms in total. The molecule has 0 spiro atoms. The highest BCUT2D eigenvalue weighted by Gasteiger charge is 2.08. The van der Waals surface area contributed by atoms with Crippen LogP contribution < -0.4 is 16.8 Å². The second kappa shape index (κ2) is 6.73. The monoisotopic (exact) mass is 250 g/mol. The van der Waals surface area contributed by atoms with Gasteiger partial charge in [-0.15, -0.1) is 0 Å². The van der Waals surface area contributed by atoms with Crippen LogP contribution in [0.5, 0.6) is 0 Å². The van der Waals surface area contributed by atoms with Crippen molar-refractivity contribution in [3.8, 4) is 0 Å². The maximum absolute atomic E-state index is 11.7. The molecule has 0 heterocycles. The van der Waals surface area contributed by atoms with E-state index in [4.69, 9.17) is 11.5 Å². The van der Waals surface area contributed by atoms with Crippen LogP contribution in [0.15, 0.2) is 24.3 Å². The minimum Gasteiger partial charge on any atom is -0.369 e. The van der Waals surface area contributed by atoms with E-state index in [2.05, 4.69) is 5.32 Å². The highest BCUT2D eigenvalue weighted by molar-refractivity contribution is 5.92. The summed E-state index contributed by atoms with van der Waals surface area (Å²) in [7, 11) is 1.65. The number of likely N-dealkylation sites (N-methyl/N-ethyl adjacent to an activating group) is 1. The zero-order valence-corrected chi connectivity index (χ0v) is 10.3. The molecular weight excluding hydrogens is 232 g/mol. The predicted molar refractivity (Wildman–Crippen MR) is 69.7 cm³/mol. The molecule has 0 aliphatic heterocycles. The first kappa shape index (κ1) is 14.1. The normalized spacial score (nSPS) is 10.4. The molecule has 18 heavy (non-hydrogen) atoms. The van der Waals surface area contributed by atoms with Gasteiger partial charge in [-0.1, -0.05) is 12.1 Å². The van der Waals surface area contributed by atoms with E-state index in [9.17, 15) is 9.59 Å². The van der Waals surface area contributed by atoms with E-state index >= 15 is 0 Å². The molecule has 0 unspecified atom stereocenters. The summed E-state index contributed by atoms with van der Waals surface area (Å²) in [5.74, 6) is -0.664. The highest BCUT2D eigenvalue weighted by atomic mass is 16.2. The van der Waals surface area contributed by atoms with E-state index in [0.29, 0.717) is 12.2 Å². The van der Waals surface area contributed by atoms with Gasteiger partial charge in [0.25, 0.3) is 0 Å². The smallest absolute Gasteiger partial charge is 0.238 e. The molecule has 0 saturated heterocycles. The molecule has 0 bridgehead atoms. The zero-order valence-electron chi connectivity index (χ0n) is 10.3. The molecule has 0 aliphatic rings. The van der Waals surface area contributed by atoms with Crippen molar-refractivity contribution in [1.29, 1.82) is 0 Å². The summed E-state index contributed by atoms with van der Waals surface area (Å²) in [6.45, 7) is 0.581. The molecule has 6 heteroatoms.